The van der Waals surface area contributed by atoms with Crippen molar-refractivity contribution < 1.29 is 22.4 Å². The Labute approximate surface area is 107 Å². The molecule has 0 saturated heterocycles. The van der Waals surface area contributed by atoms with E-state index in [0.29, 0.717) is 0 Å². The molecule has 5 nitrogen and oxygen atoms in total. The predicted octanol–water partition coefficient (Wildman–Crippen LogP) is 1.10. The number of benzene rings is 1. The highest BCUT2D eigenvalue weighted by molar-refractivity contribution is 7.86. The van der Waals surface area contributed by atoms with Crippen LogP contribution in [0.15, 0.2) is 29.2 Å². The molecule has 0 aliphatic carbocycles. The molecule has 0 aromatic heterocycles. The van der Waals surface area contributed by atoms with Crippen molar-refractivity contribution in [1.82, 2.24) is 0 Å². The minimum Gasteiger partial charge on any atom is -0.388 e. The van der Waals surface area contributed by atoms with Gasteiger partial charge in [-0.1, -0.05) is 17.7 Å². The lowest BCUT2D eigenvalue weighted by Gasteiger charge is -2.16. The second-order valence-electron chi connectivity index (χ2n) is 4.06. The molecule has 0 fully saturated rings. The van der Waals surface area contributed by atoms with Gasteiger partial charge < -0.3 is 9.84 Å². The van der Waals surface area contributed by atoms with Crippen LogP contribution < -0.4 is 0 Å². The van der Waals surface area contributed by atoms with Crippen molar-refractivity contribution >= 4 is 10.1 Å². The molecule has 2 atom stereocenters. The van der Waals surface area contributed by atoms with E-state index in [2.05, 4.69) is 0 Å². The predicted molar refractivity (Wildman–Crippen MR) is 66.8 cm³/mol. The van der Waals surface area contributed by atoms with Crippen LogP contribution >= 0.6 is 0 Å². The normalized spacial score (nSPS) is 15.3. The van der Waals surface area contributed by atoms with Crippen molar-refractivity contribution in [2.45, 2.75) is 31.0 Å². The zero-order valence-electron chi connectivity index (χ0n) is 10.7. The molecular formula is C12H18O5S. The van der Waals surface area contributed by atoms with Gasteiger partial charge in [-0.15, -0.1) is 0 Å². The average Bonchev–Trinajstić information content (AvgIpc) is 2.35. The number of aliphatic hydroxyl groups excluding tert-OH is 1. The molecule has 1 aromatic rings. The Balaban J connectivity index is 2.68. The van der Waals surface area contributed by atoms with Gasteiger partial charge in [0.1, 0.15) is 6.10 Å². The van der Waals surface area contributed by atoms with Crippen LogP contribution in [0.5, 0.6) is 0 Å². The van der Waals surface area contributed by atoms with Crippen molar-refractivity contribution in [2.75, 3.05) is 13.7 Å². The highest BCUT2D eigenvalue weighted by Crippen LogP contribution is 2.14. The molecule has 0 aliphatic rings. The second-order valence-corrected chi connectivity index (χ2v) is 5.68. The Morgan fingerprint density at radius 3 is 2.33 bits per heavy atom. The fraction of sp³-hybridized carbons (Fsp3) is 0.500. The largest absolute Gasteiger partial charge is 0.388 e. The minimum atomic E-state index is -3.83. The lowest BCUT2D eigenvalue weighted by molar-refractivity contribution is -0.0212. The average molecular weight is 274 g/mol. The maximum absolute atomic E-state index is 11.8. The first kappa shape index (κ1) is 15.1. The van der Waals surface area contributed by atoms with Crippen LogP contribution in [-0.4, -0.2) is 39.4 Å². The zero-order chi connectivity index (χ0) is 13.8. The minimum absolute atomic E-state index is 0.0744. The summed E-state index contributed by atoms with van der Waals surface area (Å²) < 4.78 is 33.2. The van der Waals surface area contributed by atoms with Gasteiger partial charge in [-0.25, -0.2) is 0 Å². The van der Waals surface area contributed by atoms with E-state index in [1.165, 1.54) is 19.2 Å². The molecular weight excluding hydrogens is 256 g/mol. The van der Waals surface area contributed by atoms with E-state index < -0.39 is 22.3 Å². The summed E-state index contributed by atoms with van der Waals surface area (Å²) in [6.45, 7) is 3.17. The molecule has 0 saturated carbocycles. The fourth-order valence-electron chi connectivity index (χ4n) is 1.22. The van der Waals surface area contributed by atoms with Crippen molar-refractivity contribution in [1.29, 1.82) is 0 Å². The van der Waals surface area contributed by atoms with Crippen LogP contribution in [0, 0.1) is 6.92 Å². The van der Waals surface area contributed by atoms with Gasteiger partial charge in [0.2, 0.25) is 0 Å². The summed E-state index contributed by atoms with van der Waals surface area (Å²) in [5.41, 5.74) is 0.960. The zero-order valence-corrected chi connectivity index (χ0v) is 11.5. The molecule has 0 bridgehead atoms. The molecule has 0 heterocycles. The van der Waals surface area contributed by atoms with E-state index in [9.17, 15) is 13.5 Å². The third-order valence-corrected chi connectivity index (χ3v) is 3.91. The SMILES string of the molecule is CO[C@H](C)[C@H](O)COS(=O)(=O)c1ccc(C)cc1. The maximum atomic E-state index is 11.8. The number of aliphatic hydroxyl groups is 1. The van der Waals surface area contributed by atoms with Crippen LogP contribution in [0.3, 0.4) is 0 Å². The summed E-state index contributed by atoms with van der Waals surface area (Å²) in [4.78, 5) is 0.0744. The summed E-state index contributed by atoms with van der Waals surface area (Å²) in [7, 11) is -2.40. The highest BCUT2D eigenvalue weighted by atomic mass is 32.2. The standard InChI is InChI=1S/C12H18O5S/c1-9-4-6-11(7-5-9)18(14,15)17-8-12(13)10(2)16-3/h4-7,10,12-13H,8H2,1-3H3/t10-,12-/m1/s1. The third-order valence-electron chi connectivity index (χ3n) is 2.62. The monoisotopic (exact) mass is 274 g/mol. The molecule has 1 N–H and O–H groups in total. The van der Waals surface area contributed by atoms with E-state index in [0.717, 1.165) is 5.56 Å². The molecule has 0 amide bonds. The van der Waals surface area contributed by atoms with Gasteiger partial charge in [0.05, 0.1) is 17.6 Å². The van der Waals surface area contributed by atoms with E-state index in [1.54, 1.807) is 19.1 Å². The van der Waals surface area contributed by atoms with E-state index in [1.807, 2.05) is 6.92 Å². The van der Waals surface area contributed by atoms with Crippen molar-refractivity contribution in [2.24, 2.45) is 0 Å². The van der Waals surface area contributed by atoms with Gasteiger partial charge >= 0.3 is 0 Å². The molecule has 0 spiro atoms. The van der Waals surface area contributed by atoms with E-state index in [4.69, 9.17) is 8.92 Å². The summed E-state index contributed by atoms with van der Waals surface area (Å²) in [5, 5.41) is 9.56. The summed E-state index contributed by atoms with van der Waals surface area (Å²) in [6.07, 6.45) is -1.48. The van der Waals surface area contributed by atoms with E-state index in [-0.39, 0.29) is 11.5 Å². The van der Waals surface area contributed by atoms with Gasteiger partial charge in [-0.3, -0.25) is 4.18 Å². The van der Waals surface area contributed by atoms with Crippen molar-refractivity contribution in [3.63, 3.8) is 0 Å². The number of ether oxygens (including phenoxy) is 1. The summed E-state index contributed by atoms with van der Waals surface area (Å²) in [6, 6.07) is 6.31. The number of hydrogen-bond acceptors (Lipinski definition) is 5. The Morgan fingerprint density at radius 1 is 1.28 bits per heavy atom. The van der Waals surface area contributed by atoms with Crippen molar-refractivity contribution in [3.8, 4) is 0 Å². The van der Waals surface area contributed by atoms with Gasteiger partial charge in [0.15, 0.2) is 0 Å². The molecule has 0 unspecified atom stereocenters. The molecule has 1 aromatic carbocycles. The highest BCUT2D eigenvalue weighted by Gasteiger charge is 2.20. The molecule has 1 rings (SSSR count). The van der Waals surface area contributed by atoms with Crippen LogP contribution in [0.1, 0.15) is 12.5 Å². The molecule has 18 heavy (non-hydrogen) atoms. The first-order valence-electron chi connectivity index (χ1n) is 5.54. The molecule has 0 radical (unpaired) electrons. The maximum Gasteiger partial charge on any atom is 0.297 e. The lowest BCUT2D eigenvalue weighted by Crippen LogP contribution is -2.30. The second kappa shape index (κ2) is 6.29. The van der Waals surface area contributed by atoms with Crippen LogP contribution in [0.4, 0.5) is 0 Å². The van der Waals surface area contributed by atoms with Gasteiger partial charge in [-0.05, 0) is 26.0 Å². The number of hydrogen-bond donors (Lipinski definition) is 1. The fourth-order valence-corrected chi connectivity index (χ4v) is 2.15. The quantitative estimate of drug-likeness (QED) is 0.786. The smallest absolute Gasteiger partial charge is 0.297 e. The lowest BCUT2D eigenvalue weighted by atomic mass is 10.2. The molecule has 0 aliphatic heterocycles. The van der Waals surface area contributed by atoms with Gasteiger partial charge in [0.25, 0.3) is 10.1 Å². The van der Waals surface area contributed by atoms with Crippen molar-refractivity contribution in [3.05, 3.63) is 29.8 Å². The number of rotatable bonds is 6. The Bertz CT molecular complexity index is 466. The Kier molecular flexibility index (Phi) is 5.28. The summed E-state index contributed by atoms with van der Waals surface area (Å²) >= 11 is 0. The van der Waals surface area contributed by atoms with Crippen LogP contribution in [-0.2, 0) is 19.0 Å². The Hall–Kier alpha value is -0.950. The van der Waals surface area contributed by atoms with Gasteiger partial charge in [-0.2, -0.15) is 8.42 Å². The first-order chi connectivity index (χ1) is 8.36. The van der Waals surface area contributed by atoms with Crippen LogP contribution in [0.2, 0.25) is 0 Å². The molecule has 102 valence electrons. The summed E-state index contributed by atoms with van der Waals surface area (Å²) in [5.74, 6) is 0. The van der Waals surface area contributed by atoms with Gasteiger partial charge in [0, 0.05) is 7.11 Å². The molecule has 6 heteroatoms. The number of aryl methyl sites for hydroxylation is 1. The Morgan fingerprint density at radius 2 is 1.83 bits per heavy atom. The first-order valence-corrected chi connectivity index (χ1v) is 6.94. The third kappa shape index (κ3) is 4.06. The number of methoxy groups -OCH3 is 1. The topological polar surface area (TPSA) is 72.8 Å². The van der Waals surface area contributed by atoms with Crippen LogP contribution in [0.25, 0.3) is 0 Å². The van der Waals surface area contributed by atoms with E-state index >= 15 is 0 Å².